The zero-order valence-electron chi connectivity index (χ0n) is 18.6. The van der Waals surface area contributed by atoms with Gasteiger partial charge in [0, 0.05) is 36.5 Å². The number of hydrogen-bond donors (Lipinski definition) is 1. The molecule has 5 heteroatoms. The summed E-state index contributed by atoms with van der Waals surface area (Å²) in [5.41, 5.74) is 4.91. The van der Waals surface area contributed by atoms with E-state index < -0.39 is 0 Å². The summed E-state index contributed by atoms with van der Waals surface area (Å²) < 4.78 is 5.84. The maximum Gasteiger partial charge on any atom is 0.238 e. The predicted octanol–water partition coefficient (Wildman–Crippen LogP) is 4.39. The van der Waals surface area contributed by atoms with E-state index in [2.05, 4.69) is 65.4 Å². The average molecular weight is 420 g/mol. The van der Waals surface area contributed by atoms with Crippen LogP contribution in [0, 0.1) is 0 Å². The van der Waals surface area contributed by atoms with Gasteiger partial charge in [0.05, 0.1) is 18.8 Å². The highest BCUT2D eigenvalue weighted by molar-refractivity contribution is 5.92. The van der Waals surface area contributed by atoms with Crippen molar-refractivity contribution in [1.82, 2.24) is 4.90 Å². The summed E-state index contributed by atoms with van der Waals surface area (Å²) in [5, 5.41) is 3.13. The number of carbonyl (C=O) groups is 1. The van der Waals surface area contributed by atoms with E-state index in [-0.39, 0.29) is 18.1 Å². The lowest BCUT2D eigenvalue weighted by atomic mass is 10.1. The normalized spacial score (nSPS) is 25.5. The van der Waals surface area contributed by atoms with Crippen molar-refractivity contribution in [3.63, 3.8) is 0 Å². The van der Waals surface area contributed by atoms with Gasteiger partial charge in [0.2, 0.25) is 5.91 Å². The summed E-state index contributed by atoms with van der Waals surface area (Å²) in [6, 6.07) is 17.9. The summed E-state index contributed by atoms with van der Waals surface area (Å²) in [4.78, 5) is 17.7. The molecule has 1 N–H and O–H groups in total. The van der Waals surface area contributed by atoms with Crippen LogP contribution in [0.1, 0.15) is 50.3 Å². The molecule has 2 fully saturated rings. The van der Waals surface area contributed by atoms with Crippen LogP contribution in [0.3, 0.4) is 0 Å². The van der Waals surface area contributed by atoms with Crippen LogP contribution < -0.4 is 10.2 Å². The molecule has 0 radical (unpaired) electrons. The van der Waals surface area contributed by atoms with Gasteiger partial charge in [0.25, 0.3) is 0 Å². The lowest BCUT2D eigenvalue weighted by molar-refractivity contribution is -0.118. The Morgan fingerprint density at radius 3 is 2.45 bits per heavy atom. The molecular weight excluding hydrogens is 386 g/mol. The molecule has 3 aliphatic rings. The fourth-order valence-electron chi connectivity index (χ4n) is 5.29. The van der Waals surface area contributed by atoms with E-state index in [0.29, 0.717) is 18.6 Å². The number of amides is 1. The summed E-state index contributed by atoms with van der Waals surface area (Å²) in [6.45, 7) is 6.49. The fraction of sp³-hybridized carbons (Fsp3) is 0.500. The Morgan fingerprint density at radius 1 is 1.03 bits per heavy atom. The molecule has 164 valence electrons. The van der Waals surface area contributed by atoms with Crippen LogP contribution in [0.2, 0.25) is 0 Å². The SMILES string of the molecule is CC1CN(c2ccc(NC(=O)CN(C3CC3)C3CCc4ccccc43)cc2)CC(C)O1. The van der Waals surface area contributed by atoms with Crippen LogP contribution in [0.25, 0.3) is 0 Å². The third-order valence-corrected chi connectivity index (χ3v) is 6.78. The monoisotopic (exact) mass is 419 g/mol. The first-order valence-electron chi connectivity index (χ1n) is 11.7. The van der Waals surface area contributed by atoms with Gasteiger partial charge in [-0.15, -0.1) is 0 Å². The van der Waals surface area contributed by atoms with Crippen LogP contribution in [0.4, 0.5) is 11.4 Å². The lowest BCUT2D eigenvalue weighted by Gasteiger charge is -2.36. The quantitative estimate of drug-likeness (QED) is 0.754. The van der Waals surface area contributed by atoms with Crippen molar-refractivity contribution in [1.29, 1.82) is 0 Å². The number of nitrogens with one attached hydrogen (secondary N) is 1. The van der Waals surface area contributed by atoms with Gasteiger partial charge in [-0.05, 0) is 74.9 Å². The van der Waals surface area contributed by atoms with E-state index >= 15 is 0 Å². The van der Waals surface area contributed by atoms with E-state index in [1.165, 1.54) is 29.7 Å². The standard InChI is InChI=1S/C26H33N3O2/c1-18-15-28(16-19(2)31-18)22-10-8-21(9-11-22)27-26(30)17-29(23-12-13-23)25-14-7-20-5-3-4-6-24(20)25/h3-6,8-11,18-19,23,25H,7,12-17H2,1-2H3,(H,27,30). The average Bonchev–Trinajstić information content (AvgIpc) is 3.51. The van der Waals surface area contributed by atoms with E-state index in [0.717, 1.165) is 31.6 Å². The second-order valence-electron chi connectivity index (χ2n) is 9.41. The molecule has 2 aromatic rings. The minimum Gasteiger partial charge on any atom is -0.372 e. The summed E-state index contributed by atoms with van der Waals surface area (Å²) in [7, 11) is 0. The molecule has 5 rings (SSSR count). The van der Waals surface area contributed by atoms with Crippen molar-refractivity contribution in [2.45, 2.75) is 63.8 Å². The highest BCUT2D eigenvalue weighted by Crippen LogP contribution is 2.41. The molecule has 0 bridgehead atoms. The number of aryl methyl sites for hydroxylation is 1. The smallest absolute Gasteiger partial charge is 0.238 e. The lowest BCUT2D eigenvalue weighted by Crippen LogP contribution is -2.45. The van der Waals surface area contributed by atoms with Crippen LogP contribution in [-0.4, -0.2) is 48.7 Å². The molecule has 31 heavy (non-hydrogen) atoms. The Morgan fingerprint density at radius 2 is 1.74 bits per heavy atom. The molecule has 2 aromatic carbocycles. The van der Waals surface area contributed by atoms with Crippen LogP contribution in [-0.2, 0) is 16.0 Å². The molecule has 0 spiro atoms. The van der Waals surface area contributed by atoms with E-state index in [1.54, 1.807) is 0 Å². The van der Waals surface area contributed by atoms with Crippen molar-refractivity contribution < 1.29 is 9.53 Å². The molecule has 3 unspecified atom stereocenters. The zero-order chi connectivity index (χ0) is 21.4. The molecule has 5 nitrogen and oxygen atoms in total. The topological polar surface area (TPSA) is 44.8 Å². The third kappa shape index (κ3) is 4.63. The first-order valence-corrected chi connectivity index (χ1v) is 11.7. The van der Waals surface area contributed by atoms with Gasteiger partial charge in [-0.25, -0.2) is 0 Å². The number of fused-ring (bicyclic) bond motifs is 1. The highest BCUT2D eigenvalue weighted by atomic mass is 16.5. The Bertz CT molecular complexity index is 915. The van der Waals surface area contributed by atoms with E-state index in [9.17, 15) is 4.79 Å². The van der Waals surface area contributed by atoms with Crippen LogP contribution in [0.15, 0.2) is 48.5 Å². The molecule has 0 aromatic heterocycles. The van der Waals surface area contributed by atoms with Gasteiger partial charge in [-0.3, -0.25) is 9.69 Å². The Labute approximate surface area is 185 Å². The highest BCUT2D eigenvalue weighted by Gasteiger charge is 2.38. The van der Waals surface area contributed by atoms with E-state index in [1.807, 2.05) is 12.1 Å². The number of anilines is 2. The van der Waals surface area contributed by atoms with Gasteiger partial charge in [-0.2, -0.15) is 0 Å². The molecule has 1 saturated carbocycles. The second kappa shape index (κ2) is 8.64. The van der Waals surface area contributed by atoms with Crippen LogP contribution in [0.5, 0.6) is 0 Å². The fourth-order valence-corrected chi connectivity index (χ4v) is 5.29. The first kappa shape index (κ1) is 20.5. The summed E-state index contributed by atoms with van der Waals surface area (Å²) in [5.74, 6) is 0.0812. The molecule has 1 aliphatic heterocycles. The Balaban J connectivity index is 1.22. The first-order chi connectivity index (χ1) is 15.1. The van der Waals surface area contributed by atoms with Gasteiger partial charge in [0.1, 0.15) is 0 Å². The number of rotatable bonds is 6. The number of hydrogen-bond acceptors (Lipinski definition) is 4. The predicted molar refractivity (Wildman–Crippen MR) is 125 cm³/mol. The van der Waals surface area contributed by atoms with Gasteiger partial charge in [-0.1, -0.05) is 24.3 Å². The number of ether oxygens (including phenoxy) is 1. The van der Waals surface area contributed by atoms with Crippen molar-refractivity contribution in [2.24, 2.45) is 0 Å². The molecular formula is C26H33N3O2. The molecule has 2 aliphatic carbocycles. The largest absolute Gasteiger partial charge is 0.372 e. The summed E-state index contributed by atoms with van der Waals surface area (Å²) in [6.07, 6.45) is 5.11. The minimum absolute atomic E-state index is 0.0812. The van der Waals surface area contributed by atoms with Gasteiger partial charge in [0.15, 0.2) is 0 Å². The second-order valence-corrected chi connectivity index (χ2v) is 9.41. The maximum absolute atomic E-state index is 12.9. The third-order valence-electron chi connectivity index (χ3n) is 6.78. The molecule has 3 atom stereocenters. The molecule has 1 heterocycles. The maximum atomic E-state index is 12.9. The van der Waals surface area contributed by atoms with Gasteiger partial charge >= 0.3 is 0 Å². The number of carbonyl (C=O) groups excluding carboxylic acids is 1. The molecule has 1 saturated heterocycles. The van der Waals surface area contributed by atoms with Gasteiger partial charge < -0.3 is 15.0 Å². The number of nitrogens with zero attached hydrogens (tertiary/aromatic N) is 2. The van der Waals surface area contributed by atoms with Crippen LogP contribution >= 0.6 is 0 Å². The van der Waals surface area contributed by atoms with Crippen molar-refractivity contribution in [2.75, 3.05) is 29.9 Å². The zero-order valence-corrected chi connectivity index (χ0v) is 18.6. The molecule has 1 amide bonds. The number of benzene rings is 2. The van der Waals surface area contributed by atoms with Crippen molar-refractivity contribution in [3.8, 4) is 0 Å². The summed E-state index contributed by atoms with van der Waals surface area (Å²) >= 11 is 0. The Kier molecular flexibility index (Phi) is 5.72. The van der Waals surface area contributed by atoms with Crippen molar-refractivity contribution in [3.05, 3.63) is 59.7 Å². The Hall–Kier alpha value is -2.37. The van der Waals surface area contributed by atoms with Crippen molar-refractivity contribution >= 4 is 17.3 Å². The number of morpholine rings is 1. The minimum atomic E-state index is 0.0812. The van der Waals surface area contributed by atoms with E-state index in [4.69, 9.17) is 4.74 Å².